The van der Waals surface area contributed by atoms with Gasteiger partial charge in [0.1, 0.15) is 22.8 Å². The summed E-state index contributed by atoms with van der Waals surface area (Å²) in [6.45, 7) is 1.96. The van der Waals surface area contributed by atoms with Crippen LogP contribution < -0.4 is 19.7 Å². The third-order valence-corrected chi connectivity index (χ3v) is 5.34. The number of aromatic nitrogens is 1. The van der Waals surface area contributed by atoms with Crippen LogP contribution in [0, 0.1) is 0 Å². The first-order valence-electron chi connectivity index (χ1n) is 10.4. The molecule has 1 fully saturated rings. The first-order valence-corrected chi connectivity index (χ1v) is 10.4. The van der Waals surface area contributed by atoms with Crippen LogP contribution in [0.2, 0.25) is 0 Å². The van der Waals surface area contributed by atoms with Crippen LogP contribution in [0.5, 0.6) is 11.5 Å². The number of anilines is 2. The van der Waals surface area contributed by atoms with Gasteiger partial charge in [0.05, 0.1) is 12.8 Å². The molecule has 1 saturated heterocycles. The lowest BCUT2D eigenvalue weighted by Crippen LogP contribution is -2.24. The number of ether oxygens (including phenoxy) is 2. The number of carbonyl (C=O) groups excluding carboxylic acids is 1. The van der Waals surface area contributed by atoms with Crippen LogP contribution in [0.4, 0.5) is 11.5 Å². The van der Waals surface area contributed by atoms with Crippen molar-refractivity contribution in [2.75, 3.05) is 37.0 Å². The number of amides is 1. The van der Waals surface area contributed by atoms with E-state index in [9.17, 15) is 4.79 Å². The van der Waals surface area contributed by atoms with Crippen LogP contribution in [0.15, 0.2) is 54.6 Å². The summed E-state index contributed by atoms with van der Waals surface area (Å²) in [5, 5.41) is 3.83. The second kappa shape index (κ2) is 9.48. The van der Waals surface area contributed by atoms with Crippen LogP contribution >= 0.6 is 0 Å². The van der Waals surface area contributed by atoms with Crippen molar-refractivity contribution >= 4 is 28.3 Å². The van der Waals surface area contributed by atoms with Gasteiger partial charge >= 0.3 is 0 Å². The fourth-order valence-corrected chi connectivity index (χ4v) is 3.78. The van der Waals surface area contributed by atoms with Crippen molar-refractivity contribution in [3.63, 3.8) is 0 Å². The average Bonchev–Trinajstić information content (AvgIpc) is 3.07. The van der Waals surface area contributed by atoms with Crippen molar-refractivity contribution in [3.8, 4) is 11.5 Å². The van der Waals surface area contributed by atoms with Gasteiger partial charge in [0, 0.05) is 18.5 Å². The topological polar surface area (TPSA) is 63.7 Å². The van der Waals surface area contributed by atoms with E-state index in [0.717, 1.165) is 29.8 Å². The van der Waals surface area contributed by atoms with E-state index in [2.05, 4.69) is 22.3 Å². The summed E-state index contributed by atoms with van der Waals surface area (Å²) in [6, 6.07) is 17.2. The predicted octanol–water partition coefficient (Wildman–Crippen LogP) is 4.64. The summed E-state index contributed by atoms with van der Waals surface area (Å²) in [5.41, 5.74) is 1.40. The molecule has 2 aromatic carbocycles. The number of rotatable bonds is 6. The molecular formula is C24H27N3O3. The highest BCUT2D eigenvalue weighted by atomic mass is 16.5. The van der Waals surface area contributed by atoms with E-state index < -0.39 is 0 Å². The Hall–Kier alpha value is -3.28. The molecule has 1 aromatic heterocycles. The number of carbonyl (C=O) groups is 1. The van der Waals surface area contributed by atoms with E-state index in [1.807, 2.05) is 30.3 Å². The van der Waals surface area contributed by atoms with Crippen molar-refractivity contribution in [1.82, 2.24) is 4.98 Å². The van der Waals surface area contributed by atoms with Gasteiger partial charge in [0.25, 0.3) is 5.91 Å². The molecule has 2 heterocycles. The van der Waals surface area contributed by atoms with Gasteiger partial charge in [-0.15, -0.1) is 0 Å². The molecule has 1 N–H and O–H groups in total. The number of benzene rings is 2. The number of hydrogen-bond acceptors (Lipinski definition) is 5. The zero-order chi connectivity index (χ0) is 20.8. The molecule has 156 valence electrons. The quantitative estimate of drug-likeness (QED) is 0.647. The molecule has 1 aliphatic heterocycles. The van der Waals surface area contributed by atoms with Crippen LogP contribution in [-0.4, -0.2) is 37.7 Å². The van der Waals surface area contributed by atoms with E-state index in [-0.39, 0.29) is 12.5 Å². The van der Waals surface area contributed by atoms with Gasteiger partial charge in [0.15, 0.2) is 6.61 Å². The fourth-order valence-electron chi connectivity index (χ4n) is 3.78. The Morgan fingerprint density at radius 3 is 2.53 bits per heavy atom. The molecular weight excluding hydrogens is 378 g/mol. The van der Waals surface area contributed by atoms with Crippen LogP contribution in [-0.2, 0) is 4.79 Å². The third-order valence-electron chi connectivity index (χ3n) is 5.34. The summed E-state index contributed by atoms with van der Waals surface area (Å²) in [4.78, 5) is 19.6. The van der Waals surface area contributed by atoms with Gasteiger partial charge in [-0.2, -0.15) is 0 Å². The maximum atomic E-state index is 12.4. The van der Waals surface area contributed by atoms with Crippen molar-refractivity contribution in [3.05, 3.63) is 54.6 Å². The summed E-state index contributed by atoms with van der Waals surface area (Å²) < 4.78 is 11.1. The van der Waals surface area contributed by atoms with Crippen LogP contribution in [0.25, 0.3) is 10.9 Å². The second-order valence-corrected chi connectivity index (χ2v) is 7.44. The highest BCUT2D eigenvalue weighted by Crippen LogP contribution is 2.28. The maximum absolute atomic E-state index is 12.4. The molecule has 0 atom stereocenters. The number of hydrogen-bond donors (Lipinski definition) is 1. The van der Waals surface area contributed by atoms with Crippen molar-refractivity contribution in [2.45, 2.75) is 25.7 Å². The number of pyridine rings is 1. The maximum Gasteiger partial charge on any atom is 0.262 e. The van der Waals surface area contributed by atoms with E-state index in [0.29, 0.717) is 17.2 Å². The monoisotopic (exact) mass is 405 g/mol. The summed E-state index contributed by atoms with van der Waals surface area (Å²) in [7, 11) is 1.57. The largest absolute Gasteiger partial charge is 0.495 e. The molecule has 0 radical (unpaired) electrons. The number of nitrogens with zero attached hydrogens (tertiary/aromatic N) is 2. The van der Waals surface area contributed by atoms with Gasteiger partial charge in [-0.3, -0.25) is 4.79 Å². The van der Waals surface area contributed by atoms with Gasteiger partial charge < -0.3 is 19.7 Å². The molecule has 6 nitrogen and oxygen atoms in total. The SMILES string of the molecule is COc1ccccc1NC(=O)COc1cccc2ccc(N3CCCCCC3)nc12. The van der Waals surface area contributed by atoms with Gasteiger partial charge in [-0.25, -0.2) is 4.98 Å². The van der Waals surface area contributed by atoms with Crippen molar-refractivity contribution in [1.29, 1.82) is 0 Å². The first-order chi connectivity index (χ1) is 14.7. The Kier molecular flexibility index (Phi) is 6.32. The second-order valence-electron chi connectivity index (χ2n) is 7.44. The Labute approximate surface area is 176 Å². The Morgan fingerprint density at radius 1 is 0.967 bits per heavy atom. The lowest BCUT2D eigenvalue weighted by molar-refractivity contribution is -0.118. The minimum Gasteiger partial charge on any atom is -0.495 e. The lowest BCUT2D eigenvalue weighted by Gasteiger charge is -2.22. The molecule has 4 rings (SSSR count). The van der Waals surface area contributed by atoms with Crippen LogP contribution in [0.3, 0.4) is 0 Å². The first kappa shape index (κ1) is 20.0. The van der Waals surface area contributed by atoms with E-state index in [1.54, 1.807) is 19.2 Å². The summed E-state index contributed by atoms with van der Waals surface area (Å²) in [6.07, 6.45) is 4.95. The molecule has 1 amide bonds. The molecule has 0 spiro atoms. The van der Waals surface area contributed by atoms with Crippen LogP contribution in [0.1, 0.15) is 25.7 Å². The Bertz CT molecular complexity index is 1010. The van der Waals surface area contributed by atoms with E-state index in [1.165, 1.54) is 25.7 Å². The minimum atomic E-state index is -0.250. The standard InChI is InChI=1S/C24H27N3O3/c1-29-20-11-5-4-10-19(20)25-23(28)17-30-21-12-8-9-18-13-14-22(26-24(18)21)27-15-6-2-3-7-16-27/h4-5,8-14H,2-3,6-7,15-17H2,1H3,(H,25,28). The third kappa shape index (κ3) is 4.64. The molecule has 0 aliphatic carbocycles. The average molecular weight is 405 g/mol. The highest BCUT2D eigenvalue weighted by molar-refractivity contribution is 5.94. The Balaban J connectivity index is 1.49. The normalized spacial score (nSPS) is 14.2. The predicted molar refractivity (Wildman–Crippen MR) is 120 cm³/mol. The zero-order valence-electron chi connectivity index (χ0n) is 17.3. The molecule has 0 unspecified atom stereocenters. The molecule has 0 saturated carbocycles. The number of methoxy groups -OCH3 is 1. The zero-order valence-corrected chi connectivity index (χ0v) is 17.3. The number of nitrogens with one attached hydrogen (secondary N) is 1. The molecule has 0 bridgehead atoms. The molecule has 6 heteroatoms. The van der Waals surface area contributed by atoms with Crippen molar-refractivity contribution < 1.29 is 14.3 Å². The van der Waals surface area contributed by atoms with E-state index in [4.69, 9.17) is 14.5 Å². The Morgan fingerprint density at radius 2 is 1.73 bits per heavy atom. The van der Waals surface area contributed by atoms with Gasteiger partial charge in [-0.1, -0.05) is 37.1 Å². The lowest BCUT2D eigenvalue weighted by atomic mass is 10.2. The van der Waals surface area contributed by atoms with E-state index >= 15 is 0 Å². The highest BCUT2D eigenvalue weighted by Gasteiger charge is 2.14. The summed E-state index contributed by atoms with van der Waals surface area (Å²) in [5.74, 6) is 1.94. The summed E-state index contributed by atoms with van der Waals surface area (Å²) >= 11 is 0. The van der Waals surface area contributed by atoms with Gasteiger partial charge in [-0.05, 0) is 43.2 Å². The van der Waals surface area contributed by atoms with Crippen molar-refractivity contribution in [2.24, 2.45) is 0 Å². The number of para-hydroxylation sites is 3. The van der Waals surface area contributed by atoms with Gasteiger partial charge in [0.2, 0.25) is 0 Å². The minimum absolute atomic E-state index is 0.104. The smallest absolute Gasteiger partial charge is 0.262 e. The molecule has 1 aliphatic rings. The number of fused-ring (bicyclic) bond motifs is 1. The molecule has 3 aromatic rings. The molecule has 30 heavy (non-hydrogen) atoms. The fraction of sp³-hybridized carbons (Fsp3) is 0.333.